The number of hydrogen-bond donors (Lipinski definition) is 3. The van der Waals surface area contributed by atoms with Crippen molar-refractivity contribution < 1.29 is 19.4 Å². The molecule has 0 bridgehead atoms. The lowest BCUT2D eigenvalue weighted by Crippen LogP contribution is -2.30. The van der Waals surface area contributed by atoms with E-state index in [2.05, 4.69) is 10.6 Å². The normalized spacial score (nSPS) is 17.2. The molecule has 3 heterocycles. The van der Waals surface area contributed by atoms with E-state index in [0.29, 0.717) is 12.1 Å². The van der Waals surface area contributed by atoms with Crippen LogP contribution in [0.4, 0.5) is 11.6 Å². The molecule has 0 spiro atoms. The van der Waals surface area contributed by atoms with Gasteiger partial charge in [0.1, 0.15) is 10.9 Å². The summed E-state index contributed by atoms with van der Waals surface area (Å²) in [5, 5.41) is 15.1. The van der Waals surface area contributed by atoms with E-state index in [-0.39, 0.29) is 0 Å². The molecule has 8 nitrogen and oxygen atoms in total. The minimum atomic E-state index is -0.833. The van der Waals surface area contributed by atoms with Crippen molar-refractivity contribution in [1.29, 1.82) is 0 Å². The summed E-state index contributed by atoms with van der Waals surface area (Å²) < 4.78 is 11.5. The average Bonchev–Trinajstić information content (AvgIpc) is 3.48. The van der Waals surface area contributed by atoms with Crippen LogP contribution in [0.5, 0.6) is 5.88 Å². The van der Waals surface area contributed by atoms with Gasteiger partial charge in [-0.05, 0) is 62.6 Å². The molecule has 1 aliphatic heterocycles. The Morgan fingerprint density at radius 3 is 2.44 bits per heavy atom. The van der Waals surface area contributed by atoms with Crippen molar-refractivity contribution in [1.82, 2.24) is 15.3 Å². The van der Waals surface area contributed by atoms with Crippen LogP contribution in [0.3, 0.4) is 0 Å². The molecule has 0 atom stereocenters. The van der Waals surface area contributed by atoms with Crippen molar-refractivity contribution in [2.24, 2.45) is 0 Å². The molecule has 3 aromatic rings. The summed E-state index contributed by atoms with van der Waals surface area (Å²) in [4.78, 5) is 21.1. The van der Waals surface area contributed by atoms with Gasteiger partial charge in [0, 0.05) is 30.6 Å². The fourth-order valence-electron chi connectivity index (χ4n) is 4.61. The number of morpholine rings is 1. The van der Waals surface area contributed by atoms with Crippen LogP contribution >= 0.6 is 11.3 Å². The molecule has 1 saturated carbocycles. The van der Waals surface area contributed by atoms with E-state index in [1.54, 1.807) is 0 Å². The number of benzene rings is 1. The zero-order valence-electron chi connectivity index (χ0n) is 20.9. The van der Waals surface area contributed by atoms with Gasteiger partial charge >= 0.3 is 0 Å². The number of thiophene rings is 1. The second-order valence-corrected chi connectivity index (χ2v) is 10.2. The number of nitrogens with one attached hydrogen (secondary N) is 2. The minimum absolute atomic E-state index is 0.295. The first kappa shape index (κ1) is 26.3. The van der Waals surface area contributed by atoms with Crippen LogP contribution in [0.25, 0.3) is 10.2 Å². The number of anilines is 2. The smallest absolute Gasteiger partial charge is 0.300 e. The zero-order valence-corrected chi connectivity index (χ0v) is 21.7. The first-order valence-corrected chi connectivity index (χ1v) is 13.7. The lowest BCUT2D eigenvalue weighted by atomic mass is 9.98. The number of ether oxygens (including phenoxy) is 2. The van der Waals surface area contributed by atoms with Gasteiger partial charge in [-0.1, -0.05) is 24.6 Å². The summed E-state index contributed by atoms with van der Waals surface area (Å²) in [5.41, 5.74) is 2.43. The number of para-hydroxylation sites is 1. The van der Waals surface area contributed by atoms with Gasteiger partial charge in [-0.3, -0.25) is 4.79 Å². The van der Waals surface area contributed by atoms with E-state index < -0.39 is 5.97 Å². The second-order valence-electron chi connectivity index (χ2n) is 9.14. The van der Waals surface area contributed by atoms with Gasteiger partial charge in [-0.2, -0.15) is 4.98 Å². The number of nitrogens with zero attached hydrogens (tertiary/aromatic N) is 2. The molecule has 0 radical (unpaired) electrons. The van der Waals surface area contributed by atoms with Crippen LogP contribution in [0.1, 0.15) is 55.9 Å². The molecular formula is C27H36N4O4S. The summed E-state index contributed by atoms with van der Waals surface area (Å²) in [5.74, 6) is 0.592. The third-order valence-corrected chi connectivity index (χ3v) is 7.42. The Morgan fingerprint density at radius 2 is 1.81 bits per heavy atom. The van der Waals surface area contributed by atoms with Gasteiger partial charge in [0.15, 0.2) is 0 Å². The highest BCUT2D eigenvalue weighted by molar-refractivity contribution is 7.19. The number of fused-ring (bicyclic) bond motifs is 3. The molecule has 6 rings (SSSR count). The third-order valence-electron chi connectivity index (χ3n) is 6.24. The molecule has 0 unspecified atom stereocenters. The molecule has 36 heavy (non-hydrogen) atoms. The van der Waals surface area contributed by atoms with Gasteiger partial charge in [0.25, 0.3) is 5.97 Å². The predicted molar refractivity (Wildman–Crippen MR) is 144 cm³/mol. The second kappa shape index (κ2) is 13.5. The number of carboxylic acid groups (broad SMARTS) is 1. The van der Waals surface area contributed by atoms with Crippen LogP contribution in [0.2, 0.25) is 0 Å². The SMILES string of the molecule is C1COCCN1.CC(=O)O.c1ccc(Nc2nc(OC3CCCCC3)c3c4c(sc3n2)CCC4)cc1. The Bertz CT molecular complexity index is 1100. The number of rotatable bonds is 4. The van der Waals surface area contributed by atoms with E-state index in [0.717, 1.165) is 68.9 Å². The third kappa shape index (κ3) is 7.62. The van der Waals surface area contributed by atoms with Crippen molar-refractivity contribution >= 4 is 39.2 Å². The van der Waals surface area contributed by atoms with E-state index in [9.17, 15) is 0 Å². The van der Waals surface area contributed by atoms with E-state index in [1.807, 2.05) is 41.7 Å². The van der Waals surface area contributed by atoms with Crippen molar-refractivity contribution in [3.8, 4) is 5.88 Å². The van der Waals surface area contributed by atoms with Crippen molar-refractivity contribution in [2.75, 3.05) is 31.6 Å². The van der Waals surface area contributed by atoms with Crippen LogP contribution < -0.4 is 15.4 Å². The number of hydrogen-bond acceptors (Lipinski definition) is 8. The highest BCUT2D eigenvalue weighted by Gasteiger charge is 2.25. The lowest BCUT2D eigenvalue weighted by molar-refractivity contribution is -0.134. The maximum Gasteiger partial charge on any atom is 0.300 e. The molecule has 3 N–H and O–H groups in total. The predicted octanol–water partition coefficient (Wildman–Crippen LogP) is 5.33. The zero-order chi connectivity index (χ0) is 25.2. The number of carboxylic acids is 1. The Kier molecular flexibility index (Phi) is 9.89. The van der Waals surface area contributed by atoms with E-state index in [1.165, 1.54) is 47.9 Å². The molecule has 194 valence electrons. The minimum Gasteiger partial charge on any atom is -0.481 e. The Morgan fingerprint density at radius 1 is 1.08 bits per heavy atom. The maximum absolute atomic E-state index is 9.00. The van der Waals surface area contributed by atoms with Gasteiger partial charge in [0.05, 0.1) is 18.6 Å². The first-order chi connectivity index (χ1) is 17.6. The Balaban J connectivity index is 0.000000257. The molecule has 3 aliphatic rings. The fraction of sp³-hybridized carbons (Fsp3) is 0.519. The molecule has 2 aromatic heterocycles. The van der Waals surface area contributed by atoms with Gasteiger partial charge in [-0.25, -0.2) is 4.98 Å². The molecule has 2 fully saturated rings. The molecular weight excluding hydrogens is 476 g/mol. The first-order valence-electron chi connectivity index (χ1n) is 12.9. The Hall–Kier alpha value is -2.75. The number of aryl methyl sites for hydroxylation is 2. The van der Waals surface area contributed by atoms with Gasteiger partial charge < -0.3 is 25.2 Å². The van der Waals surface area contributed by atoms with Crippen LogP contribution in [0, 0.1) is 0 Å². The Labute approximate surface area is 216 Å². The lowest BCUT2D eigenvalue weighted by Gasteiger charge is -2.23. The molecule has 1 saturated heterocycles. The van der Waals surface area contributed by atoms with Crippen molar-refractivity contribution in [3.63, 3.8) is 0 Å². The number of aromatic nitrogens is 2. The summed E-state index contributed by atoms with van der Waals surface area (Å²) in [6.07, 6.45) is 9.96. The standard InChI is InChI=1S/C21H23N3OS.C4H9NO.C2H4O2/c1-3-8-14(9-4-1)22-21-23-19(25-15-10-5-2-6-11-15)18-16-12-7-13-17(16)26-20(18)24-21;1-3-6-4-2-5-1;1-2(3)4/h1,3-4,8-9,15H,2,5-7,10-13H2,(H,22,23,24);5H,1-4H2;1H3,(H,3,4). The summed E-state index contributed by atoms with van der Waals surface area (Å²) in [6, 6.07) is 10.1. The van der Waals surface area contributed by atoms with Crippen LogP contribution in [-0.2, 0) is 22.4 Å². The van der Waals surface area contributed by atoms with Crippen molar-refractivity contribution in [3.05, 3.63) is 40.8 Å². The molecule has 2 aliphatic carbocycles. The van der Waals surface area contributed by atoms with E-state index in [4.69, 9.17) is 29.3 Å². The summed E-state index contributed by atoms with van der Waals surface area (Å²) >= 11 is 1.82. The molecule has 1 aromatic carbocycles. The highest BCUT2D eigenvalue weighted by Crippen LogP contribution is 2.41. The molecule has 0 amide bonds. The maximum atomic E-state index is 9.00. The van der Waals surface area contributed by atoms with Gasteiger partial charge in [0.2, 0.25) is 11.8 Å². The number of carbonyl (C=O) groups is 1. The van der Waals surface area contributed by atoms with Gasteiger partial charge in [-0.15, -0.1) is 11.3 Å². The summed E-state index contributed by atoms with van der Waals surface area (Å²) in [6.45, 7) is 4.92. The fourth-order valence-corrected chi connectivity index (χ4v) is 5.86. The quantitative estimate of drug-likeness (QED) is 0.431. The average molecular weight is 513 g/mol. The topological polar surface area (TPSA) is 106 Å². The van der Waals surface area contributed by atoms with Crippen LogP contribution in [-0.4, -0.2) is 53.5 Å². The highest BCUT2D eigenvalue weighted by atomic mass is 32.1. The summed E-state index contributed by atoms with van der Waals surface area (Å²) in [7, 11) is 0. The largest absolute Gasteiger partial charge is 0.481 e. The van der Waals surface area contributed by atoms with Crippen LogP contribution in [0.15, 0.2) is 30.3 Å². The monoisotopic (exact) mass is 512 g/mol. The van der Waals surface area contributed by atoms with E-state index >= 15 is 0 Å². The van der Waals surface area contributed by atoms with Crippen molar-refractivity contribution in [2.45, 2.75) is 64.4 Å². The molecule has 9 heteroatoms. The number of aliphatic carboxylic acids is 1.